The highest BCUT2D eigenvalue weighted by Gasteiger charge is 2.21. The van der Waals surface area contributed by atoms with Crippen molar-refractivity contribution in [2.24, 2.45) is 11.5 Å². The predicted molar refractivity (Wildman–Crippen MR) is 107 cm³/mol. The van der Waals surface area contributed by atoms with E-state index in [9.17, 15) is 14.0 Å². The molecule has 1 unspecified atom stereocenters. The van der Waals surface area contributed by atoms with E-state index in [1.54, 1.807) is 37.3 Å². The molecule has 2 rings (SSSR count). The fourth-order valence-electron chi connectivity index (χ4n) is 2.66. The van der Waals surface area contributed by atoms with Crippen LogP contribution in [0.5, 0.6) is 0 Å². The highest BCUT2D eigenvalue weighted by molar-refractivity contribution is 6.30. The summed E-state index contributed by atoms with van der Waals surface area (Å²) >= 11 is 5.98. The molecule has 0 aliphatic heterocycles. The van der Waals surface area contributed by atoms with E-state index >= 15 is 0 Å². The number of primary amides is 1. The molecule has 0 heterocycles. The molecule has 2 aromatic rings. The van der Waals surface area contributed by atoms with Crippen LogP contribution >= 0.6 is 11.6 Å². The standard InChI is InChI=1S/C20H20ClFN4O2/c1-11-5-6-14(16(22)7-11)19(25)15(10-23)20(28)26-17(9-18(24)27)12-3-2-4-13(21)8-12/h2-8,10,17,23H,9,25H2,1H3,(H2,24,27)(H,26,28)/b19-15+,23-10?. The molecule has 8 heteroatoms. The van der Waals surface area contributed by atoms with Crippen LogP contribution in [0.4, 0.5) is 4.39 Å². The molecule has 28 heavy (non-hydrogen) atoms. The summed E-state index contributed by atoms with van der Waals surface area (Å²) in [6, 6.07) is 10.2. The number of rotatable bonds is 7. The predicted octanol–water partition coefficient (Wildman–Crippen LogP) is 2.84. The molecular weight excluding hydrogens is 383 g/mol. The summed E-state index contributed by atoms with van der Waals surface area (Å²) < 4.78 is 14.2. The van der Waals surface area contributed by atoms with Gasteiger partial charge in [0.1, 0.15) is 5.82 Å². The van der Waals surface area contributed by atoms with Crippen molar-refractivity contribution in [3.63, 3.8) is 0 Å². The van der Waals surface area contributed by atoms with Gasteiger partial charge in [-0.2, -0.15) is 0 Å². The van der Waals surface area contributed by atoms with Crippen LogP contribution in [-0.4, -0.2) is 18.0 Å². The molecule has 0 fully saturated rings. The molecule has 0 saturated heterocycles. The third kappa shape index (κ3) is 5.17. The van der Waals surface area contributed by atoms with Crippen LogP contribution in [0.15, 0.2) is 48.0 Å². The summed E-state index contributed by atoms with van der Waals surface area (Å²) in [7, 11) is 0. The third-order valence-electron chi connectivity index (χ3n) is 4.06. The number of carbonyl (C=O) groups is 2. The lowest BCUT2D eigenvalue weighted by Crippen LogP contribution is -2.34. The van der Waals surface area contributed by atoms with Crippen molar-refractivity contribution in [2.45, 2.75) is 19.4 Å². The number of nitrogens with two attached hydrogens (primary N) is 2. The Labute approximate surface area is 166 Å². The summed E-state index contributed by atoms with van der Waals surface area (Å²) in [6.45, 7) is 1.72. The molecule has 0 aliphatic rings. The molecule has 0 aliphatic carbocycles. The first-order chi connectivity index (χ1) is 13.2. The van der Waals surface area contributed by atoms with Gasteiger partial charge in [-0.25, -0.2) is 4.39 Å². The van der Waals surface area contributed by atoms with Crippen LogP contribution in [0.2, 0.25) is 5.02 Å². The van der Waals surface area contributed by atoms with E-state index in [4.69, 9.17) is 28.5 Å². The van der Waals surface area contributed by atoms with Crippen LogP contribution in [0.3, 0.4) is 0 Å². The average Bonchev–Trinajstić information content (AvgIpc) is 2.61. The zero-order valence-corrected chi connectivity index (χ0v) is 15.9. The first-order valence-electron chi connectivity index (χ1n) is 8.34. The minimum absolute atomic E-state index is 0.00783. The summed E-state index contributed by atoms with van der Waals surface area (Å²) in [5.41, 5.74) is 12.1. The third-order valence-corrected chi connectivity index (χ3v) is 4.29. The monoisotopic (exact) mass is 402 g/mol. The summed E-state index contributed by atoms with van der Waals surface area (Å²) in [5.74, 6) is -1.98. The zero-order chi connectivity index (χ0) is 20.8. The Morgan fingerprint density at radius 3 is 2.54 bits per heavy atom. The van der Waals surface area contributed by atoms with Crippen LogP contribution in [0.25, 0.3) is 5.70 Å². The summed E-state index contributed by atoms with van der Waals surface area (Å²) in [5, 5.41) is 10.6. The number of halogens is 2. The molecule has 146 valence electrons. The number of hydrogen-bond donors (Lipinski definition) is 4. The highest BCUT2D eigenvalue weighted by atomic mass is 35.5. The van der Waals surface area contributed by atoms with Crippen LogP contribution in [0, 0.1) is 18.2 Å². The number of carbonyl (C=O) groups excluding carboxylic acids is 2. The Kier molecular flexibility index (Phi) is 6.89. The zero-order valence-electron chi connectivity index (χ0n) is 15.1. The molecule has 2 aromatic carbocycles. The van der Waals surface area contributed by atoms with Crippen molar-refractivity contribution < 1.29 is 14.0 Å². The van der Waals surface area contributed by atoms with Crippen LogP contribution < -0.4 is 16.8 Å². The van der Waals surface area contributed by atoms with Crippen molar-refractivity contribution in [3.8, 4) is 0 Å². The summed E-state index contributed by atoms with van der Waals surface area (Å²) in [6.07, 6.45) is 0.555. The van der Waals surface area contributed by atoms with Crippen LogP contribution in [0.1, 0.15) is 29.2 Å². The summed E-state index contributed by atoms with van der Waals surface area (Å²) in [4.78, 5) is 24.1. The van der Waals surface area contributed by atoms with Gasteiger partial charge in [0, 0.05) is 16.8 Å². The SMILES string of the molecule is Cc1ccc(/C(N)=C(/C=N)C(=O)NC(CC(N)=O)c2cccc(Cl)c2)c(F)c1. The van der Waals surface area contributed by atoms with Crippen molar-refractivity contribution in [2.75, 3.05) is 0 Å². The van der Waals surface area contributed by atoms with Gasteiger partial charge < -0.3 is 22.2 Å². The maximum atomic E-state index is 14.2. The Morgan fingerprint density at radius 2 is 1.96 bits per heavy atom. The Hall–Kier alpha value is -3.19. The maximum Gasteiger partial charge on any atom is 0.255 e. The first-order valence-corrected chi connectivity index (χ1v) is 8.72. The second kappa shape index (κ2) is 9.14. The van der Waals surface area contributed by atoms with Crippen LogP contribution in [-0.2, 0) is 9.59 Å². The second-order valence-electron chi connectivity index (χ2n) is 6.21. The van der Waals surface area contributed by atoms with Gasteiger partial charge in [-0.3, -0.25) is 9.59 Å². The largest absolute Gasteiger partial charge is 0.397 e. The molecule has 0 spiro atoms. The van der Waals surface area contributed by atoms with Crippen molar-refractivity contribution in [3.05, 3.63) is 75.6 Å². The molecule has 6 N–H and O–H groups in total. The second-order valence-corrected chi connectivity index (χ2v) is 6.64. The minimum atomic E-state index is -0.783. The van der Waals surface area contributed by atoms with E-state index in [0.717, 1.165) is 6.21 Å². The van der Waals surface area contributed by atoms with Gasteiger partial charge in [0.15, 0.2) is 0 Å². The lowest BCUT2D eigenvalue weighted by molar-refractivity contribution is -0.120. The van der Waals surface area contributed by atoms with E-state index in [0.29, 0.717) is 16.1 Å². The number of nitrogens with one attached hydrogen (secondary N) is 2. The lowest BCUT2D eigenvalue weighted by Gasteiger charge is -2.19. The van der Waals surface area contributed by atoms with E-state index in [-0.39, 0.29) is 23.3 Å². The number of aryl methyl sites for hydroxylation is 1. The molecule has 0 bridgehead atoms. The molecule has 0 radical (unpaired) electrons. The van der Waals surface area contributed by atoms with E-state index in [2.05, 4.69) is 5.32 Å². The van der Waals surface area contributed by atoms with Crippen molar-refractivity contribution >= 4 is 35.3 Å². The topological polar surface area (TPSA) is 122 Å². The Morgan fingerprint density at radius 1 is 1.25 bits per heavy atom. The van der Waals surface area contributed by atoms with Crippen molar-refractivity contribution in [1.82, 2.24) is 5.32 Å². The van der Waals surface area contributed by atoms with Gasteiger partial charge in [0.2, 0.25) is 5.91 Å². The van der Waals surface area contributed by atoms with Gasteiger partial charge in [-0.1, -0.05) is 29.8 Å². The molecule has 2 amide bonds. The lowest BCUT2D eigenvalue weighted by atomic mass is 10.0. The van der Waals surface area contributed by atoms with E-state index in [1.807, 2.05) is 0 Å². The average molecular weight is 403 g/mol. The van der Waals surface area contributed by atoms with Gasteiger partial charge in [0.05, 0.1) is 23.7 Å². The first kappa shape index (κ1) is 21.1. The minimum Gasteiger partial charge on any atom is -0.397 e. The van der Waals surface area contributed by atoms with Gasteiger partial charge in [-0.05, 0) is 42.3 Å². The Balaban J connectivity index is 2.38. The smallest absolute Gasteiger partial charge is 0.255 e. The fraction of sp³-hybridized carbons (Fsp3) is 0.150. The van der Waals surface area contributed by atoms with Gasteiger partial charge in [0.25, 0.3) is 5.91 Å². The van der Waals surface area contributed by atoms with Gasteiger partial charge in [-0.15, -0.1) is 0 Å². The van der Waals surface area contributed by atoms with Gasteiger partial charge >= 0.3 is 0 Å². The quantitative estimate of drug-likeness (QED) is 0.420. The van der Waals surface area contributed by atoms with Crippen molar-refractivity contribution in [1.29, 1.82) is 5.41 Å². The Bertz CT molecular complexity index is 959. The molecule has 0 saturated carbocycles. The fourth-order valence-corrected chi connectivity index (χ4v) is 2.86. The number of benzene rings is 2. The molecular formula is C20H20ClFN4O2. The number of amides is 2. The highest BCUT2D eigenvalue weighted by Crippen LogP contribution is 2.22. The van der Waals surface area contributed by atoms with E-state index < -0.39 is 23.7 Å². The van der Waals surface area contributed by atoms with E-state index in [1.165, 1.54) is 12.1 Å². The molecule has 0 aromatic heterocycles. The molecule has 1 atom stereocenters. The molecule has 6 nitrogen and oxygen atoms in total. The normalized spacial score (nSPS) is 12.7. The maximum absolute atomic E-state index is 14.2. The number of hydrogen-bond acceptors (Lipinski definition) is 4.